The van der Waals surface area contributed by atoms with Crippen molar-refractivity contribution < 1.29 is 0 Å². The van der Waals surface area contributed by atoms with Crippen LogP contribution in [0, 0.1) is 5.92 Å². The summed E-state index contributed by atoms with van der Waals surface area (Å²) in [5.41, 5.74) is 3.07. The molecule has 0 spiro atoms. The number of aromatic amines is 1. The third kappa shape index (κ3) is 3.15. The highest BCUT2D eigenvalue weighted by Gasteiger charge is 2.34. The molecule has 0 radical (unpaired) electrons. The number of fused-ring (bicyclic) bond motifs is 1. The molecule has 0 unspecified atom stereocenters. The van der Waals surface area contributed by atoms with Crippen LogP contribution in [0.15, 0.2) is 24.3 Å². The maximum Gasteiger partial charge on any atom is 0.107 e. The van der Waals surface area contributed by atoms with Crippen molar-refractivity contribution in [2.24, 2.45) is 5.92 Å². The maximum absolute atomic E-state index is 3.91. The molecule has 2 heteroatoms. The van der Waals surface area contributed by atoms with E-state index in [1.807, 2.05) is 0 Å². The van der Waals surface area contributed by atoms with Gasteiger partial charge in [-0.05, 0) is 24.0 Å². The lowest BCUT2D eigenvalue weighted by Gasteiger charge is -2.30. The Hall–Kier alpha value is -1.02. The topological polar surface area (TPSA) is 15.8 Å². The van der Waals surface area contributed by atoms with Gasteiger partial charge in [-0.25, -0.2) is 0 Å². The molecule has 0 atom stereocenters. The van der Waals surface area contributed by atoms with E-state index in [1.54, 1.807) is 10.9 Å². The number of hydrogen-bond donors (Lipinski definition) is 1. The molecule has 23 heavy (non-hydrogen) atoms. The fraction of sp³-hybridized carbons (Fsp3) is 0.619. The molecule has 1 fully saturated rings. The van der Waals surface area contributed by atoms with Gasteiger partial charge in [-0.15, -0.1) is 0 Å². The molecule has 2 aromatic rings. The Morgan fingerprint density at radius 2 is 1.61 bits per heavy atom. The summed E-state index contributed by atoms with van der Waals surface area (Å²) >= 11 is 0. The van der Waals surface area contributed by atoms with Crippen LogP contribution in [0.25, 0.3) is 10.9 Å². The molecule has 1 aliphatic rings. The van der Waals surface area contributed by atoms with E-state index in [4.69, 9.17) is 0 Å². The summed E-state index contributed by atoms with van der Waals surface area (Å²) in [4.78, 5) is 3.91. The molecule has 0 aliphatic heterocycles. The molecule has 1 aromatic heterocycles. The molecule has 0 bridgehead atoms. The summed E-state index contributed by atoms with van der Waals surface area (Å²) in [7, 11) is -1.36. The number of aromatic nitrogens is 1. The number of para-hydroxylation sites is 1. The van der Waals surface area contributed by atoms with Gasteiger partial charge in [0.1, 0.15) is 8.07 Å². The van der Waals surface area contributed by atoms with Crippen molar-refractivity contribution in [3.63, 3.8) is 0 Å². The summed E-state index contributed by atoms with van der Waals surface area (Å²) in [5.74, 6) is 0.916. The van der Waals surface area contributed by atoms with Crippen molar-refractivity contribution in [3.05, 3.63) is 29.8 Å². The first-order chi connectivity index (χ1) is 11.2. The van der Waals surface area contributed by atoms with E-state index < -0.39 is 8.07 Å². The van der Waals surface area contributed by atoms with Gasteiger partial charge in [0, 0.05) is 16.2 Å². The van der Waals surface area contributed by atoms with E-state index in [0.29, 0.717) is 0 Å². The van der Waals surface area contributed by atoms with E-state index in [-0.39, 0.29) is 0 Å². The first kappa shape index (κ1) is 16.8. The minimum Gasteiger partial charge on any atom is -0.362 e. The van der Waals surface area contributed by atoms with Crippen molar-refractivity contribution in [2.75, 3.05) is 0 Å². The second kappa shape index (κ2) is 7.25. The van der Waals surface area contributed by atoms with Gasteiger partial charge in [0.2, 0.25) is 0 Å². The Balaban J connectivity index is 2.07. The fourth-order valence-electron chi connectivity index (χ4n) is 4.83. The van der Waals surface area contributed by atoms with Crippen LogP contribution in [0.2, 0.25) is 18.1 Å². The second-order valence-electron chi connectivity index (χ2n) is 7.57. The lowest BCUT2D eigenvalue weighted by atomic mass is 9.85. The summed E-state index contributed by atoms with van der Waals surface area (Å²) in [5, 5.41) is 3.21. The predicted octanol–water partition coefficient (Wildman–Crippen LogP) is 6.01. The Kier molecular flexibility index (Phi) is 5.30. The highest BCUT2D eigenvalue weighted by molar-refractivity contribution is 6.91. The summed E-state index contributed by atoms with van der Waals surface area (Å²) in [6.45, 7) is 7.28. The van der Waals surface area contributed by atoms with Crippen LogP contribution in [-0.2, 0) is 6.42 Å². The standard InChI is InChI=1S/C21H33NSi/c1-4-23(5-2,6-3)21-19(16-17-12-8-7-9-13-17)18-14-10-11-15-20(18)22-21/h10-11,14-15,17,22H,4-9,12-13,16H2,1-3H3. The zero-order chi connectivity index (χ0) is 16.3. The number of nitrogens with one attached hydrogen (secondary N) is 1. The Bertz CT molecular complexity index is 624. The molecule has 1 aliphatic carbocycles. The summed E-state index contributed by atoms with van der Waals surface area (Å²) in [6.07, 6.45) is 8.54. The fourth-order valence-corrected chi connectivity index (χ4v) is 8.66. The van der Waals surface area contributed by atoms with Crippen LogP contribution in [0.4, 0.5) is 0 Å². The van der Waals surface area contributed by atoms with Crippen LogP contribution in [-0.4, -0.2) is 13.1 Å². The van der Waals surface area contributed by atoms with E-state index >= 15 is 0 Å². The van der Waals surface area contributed by atoms with Gasteiger partial charge in [0.05, 0.1) is 0 Å². The second-order valence-corrected chi connectivity index (χ2v) is 12.8. The zero-order valence-corrected chi connectivity index (χ0v) is 16.3. The highest BCUT2D eigenvalue weighted by atomic mass is 28.3. The summed E-state index contributed by atoms with van der Waals surface area (Å²) < 4.78 is 0. The van der Waals surface area contributed by atoms with Crippen LogP contribution < -0.4 is 5.32 Å². The van der Waals surface area contributed by atoms with Gasteiger partial charge in [0.15, 0.2) is 0 Å². The van der Waals surface area contributed by atoms with Crippen molar-refractivity contribution in [1.29, 1.82) is 0 Å². The minimum absolute atomic E-state index is 0.916. The van der Waals surface area contributed by atoms with E-state index in [2.05, 4.69) is 50.0 Å². The van der Waals surface area contributed by atoms with Gasteiger partial charge in [-0.1, -0.05) is 89.2 Å². The van der Waals surface area contributed by atoms with Crippen LogP contribution >= 0.6 is 0 Å². The molecule has 126 valence electrons. The molecule has 1 N–H and O–H groups in total. The SMILES string of the molecule is CC[Si](CC)(CC)c1[nH]c2ccccc2c1CC1CCCCC1. The Morgan fingerprint density at radius 3 is 2.26 bits per heavy atom. The highest BCUT2D eigenvalue weighted by Crippen LogP contribution is 2.32. The van der Waals surface area contributed by atoms with Crippen molar-refractivity contribution in [2.45, 2.75) is 77.4 Å². The van der Waals surface area contributed by atoms with Crippen molar-refractivity contribution in [3.8, 4) is 0 Å². The van der Waals surface area contributed by atoms with Gasteiger partial charge < -0.3 is 4.98 Å². The lowest BCUT2D eigenvalue weighted by Crippen LogP contribution is -2.48. The first-order valence-corrected chi connectivity index (χ1v) is 12.5. The monoisotopic (exact) mass is 327 g/mol. The molecular formula is C21H33NSi. The normalized spacial score (nSPS) is 17.0. The molecule has 1 nitrogen and oxygen atoms in total. The maximum atomic E-state index is 3.91. The largest absolute Gasteiger partial charge is 0.362 e. The van der Waals surface area contributed by atoms with Gasteiger partial charge in [0.25, 0.3) is 0 Å². The molecule has 3 rings (SSSR count). The quantitative estimate of drug-likeness (QED) is 0.626. The Labute approximate surface area is 142 Å². The van der Waals surface area contributed by atoms with E-state index in [0.717, 1.165) is 5.92 Å². The average Bonchev–Trinajstić information content (AvgIpc) is 2.97. The smallest absolute Gasteiger partial charge is 0.107 e. The number of benzene rings is 1. The third-order valence-electron chi connectivity index (χ3n) is 6.59. The molecule has 0 amide bonds. The zero-order valence-electron chi connectivity index (χ0n) is 15.3. The van der Waals surface area contributed by atoms with Crippen LogP contribution in [0.5, 0.6) is 0 Å². The van der Waals surface area contributed by atoms with Crippen molar-refractivity contribution >= 4 is 24.3 Å². The molecule has 1 heterocycles. The van der Waals surface area contributed by atoms with Gasteiger partial charge in [-0.3, -0.25) is 0 Å². The van der Waals surface area contributed by atoms with E-state index in [1.165, 1.54) is 67.6 Å². The summed E-state index contributed by atoms with van der Waals surface area (Å²) in [6, 6.07) is 13.1. The molecule has 1 saturated carbocycles. The van der Waals surface area contributed by atoms with Crippen LogP contribution in [0.1, 0.15) is 58.4 Å². The van der Waals surface area contributed by atoms with E-state index in [9.17, 15) is 0 Å². The first-order valence-electron chi connectivity index (χ1n) is 9.84. The number of H-pyrrole nitrogens is 1. The third-order valence-corrected chi connectivity index (χ3v) is 12.1. The number of hydrogen-bond acceptors (Lipinski definition) is 0. The molecular weight excluding hydrogens is 294 g/mol. The van der Waals surface area contributed by atoms with Gasteiger partial charge in [-0.2, -0.15) is 0 Å². The average molecular weight is 328 g/mol. The van der Waals surface area contributed by atoms with Crippen LogP contribution in [0.3, 0.4) is 0 Å². The molecule has 0 saturated heterocycles. The van der Waals surface area contributed by atoms with Crippen molar-refractivity contribution in [1.82, 2.24) is 4.98 Å². The number of rotatable bonds is 6. The predicted molar refractivity (Wildman–Crippen MR) is 105 cm³/mol. The Morgan fingerprint density at radius 1 is 0.957 bits per heavy atom. The van der Waals surface area contributed by atoms with Gasteiger partial charge >= 0.3 is 0 Å². The molecule has 1 aromatic carbocycles. The minimum atomic E-state index is -1.36. The lowest BCUT2D eigenvalue weighted by molar-refractivity contribution is 0.358.